The van der Waals surface area contributed by atoms with E-state index in [1.165, 1.54) is 11.3 Å². The van der Waals surface area contributed by atoms with Crippen LogP contribution in [0.4, 0.5) is 0 Å². The lowest BCUT2D eigenvalue weighted by molar-refractivity contribution is 0.379. The Morgan fingerprint density at radius 3 is 2.76 bits per heavy atom. The summed E-state index contributed by atoms with van der Waals surface area (Å²) in [6.07, 6.45) is 1.11. The largest absolute Gasteiger partial charge is 0.339 e. The van der Waals surface area contributed by atoms with Crippen LogP contribution in [0.5, 0.6) is 0 Å². The third kappa shape index (κ3) is 4.27. The summed E-state index contributed by atoms with van der Waals surface area (Å²) in [4.78, 5) is 5.29. The van der Waals surface area contributed by atoms with Gasteiger partial charge in [0.05, 0.1) is 5.02 Å². The summed E-state index contributed by atoms with van der Waals surface area (Å²) in [5.74, 6) is 0.729. The minimum Gasteiger partial charge on any atom is -0.339 e. The van der Waals surface area contributed by atoms with E-state index in [-0.39, 0.29) is 6.54 Å². The van der Waals surface area contributed by atoms with E-state index in [0.717, 1.165) is 11.3 Å². The van der Waals surface area contributed by atoms with Crippen LogP contribution in [0.3, 0.4) is 0 Å². The minimum absolute atomic E-state index is 0.172. The molecule has 0 aliphatic carbocycles. The number of sulfonamides is 1. The molecule has 3 aromatic rings. The van der Waals surface area contributed by atoms with Crippen LogP contribution in [-0.2, 0) is 22.9 Å². The van der Waals surface area contributed by atoms with Crippen molar-refractivity contribution < 1.29 is 12.9 Å². The number of thiophene rings is 1. The number of hydrogen-bond donors (Lipinski definition) is 1. The van der Waals surface area contributed by atoms with Crippen LogP contribution in [0.1, 0.15) is 17.7 Å². The Hall–Kier alpha value is -1.74. The quantitative estimate of drug-likeness (QED) is 0.659. The van der Waals surface area contributed by atoms with Crippen molar-refractivity contribution in [3.8, 4) is 11.4 Å². The maximum atomic E-state index is 12.2. The zero-order valence-electron chi connectivity index (χ0n) is 13.4. The third-order valence-corrected chi connectivity index (χ3v) is 6.98. The van der Waals surface area contributed by atoms with Crippen LogP contribution in [0.25, 0.3) is 11.4 Å². The summed E-state index contributed by atoms with van der Waals surface area (Å²) in [7, 11) is -3.51. The molecule has 0 aliphatic rings. The van der Waals surface area contributed by atoms with Gasteiger partial charge in [-0.1, -0.05) is 35.8 Å². The standard InChI is InChI=1S/C16H16ClN3O3S2/c1-2-11-7-8-15(24-11)25(21,22)18-10-9-14-19-16(20-23-14)12-5-3-4-6-13(12)17/h3-8,18H,2,9-10H2,1H3. The summed E-state index contributed by atoms with van der Waals surface area (Å²) < 4.78 is 32.5. The van der Waals surface area contributed by atoms with Gasteiger partial charge < -0.3 is 4.52 Å². The maximum absolute atomic E-state index is 12.2. The molecule has 1 N–H and O–H groups in total. The smallest absolute Gasteiger partial charge is 0.250 e. The van der Waals surface area contributed by atoms with Gasteiger partial charge in [0.15, 0.2) is 0 Å². The molecule has 25 heavy (non-hydrogen) atoms. The van der Waals surface area contributed by atoms with Gasteiger partial charge in [0.2, 0.25) is 21.7 Å². The molecule has 0 aliphatic heterocycles. The van der Waals surface area contributed by atoms with Gasteiger partial charge in [0.1, 0.15) is 4.21 Å². The fourth-order valence-corrected chi connectivity index (χ4v) is 4.76. The molecule has 0 fully saturated rings. The fourth-order valence-electron chi connectivity index (χ4n) is 2.16. The summed E-state index contributed by atoms with van der Waals surface area (Å²) in [5, 5.41) is 4.42. The minimum atomic E-state index is -3.51. The molecule has 0 spiro atoms. The van der Waals surface area contributed by atoms with Crippen molar-refractivity contribution >= 4 is 33.0 Å². The van der Waals surface area contributed by atoms with Gasteiger partial charge in [-0.2, -0.15) is 4.98 Å². The van der Waals surface area contributed by atoms with Crippen molar-refractivity contribution in [1.29, 1.82) is 0 Å². The average molecular weight is 398 g/mol. The van der Waals surface area contributed by atoms with Crippen molar-refractivity contribution in [3.63, 3.8) is 0 Å². The number of rotatable bonds is 7. The molecule has 2 aromatic heterocycles. The SMILES string of the molecule is CCc1ccc(S(=O)(=O)NCCc2nc(-c3ccccc3Cl)no2)s1. The first-order chi connectivity index (χ1) is 12.0. The average Bonchev–Trinajstić information content (AvgIpc) is 3.24. The lowest BCUT2D eigenvalue weighted by Crippen LogP contribution is -2.25. The highest BCUT2D eigenvalue weighted by molar-refractivity contribution is 7.91. The summed E-state index contributed by atoms with van der Waals surface area (Å²) in [6, 6.07) is 10.6. The van der Waals surface area contributed by atoms with Crippen LogP contribution >= 0.6 is 22.9 Å². The summed E-state index contributed by atoms with van der Waals surface area (Å²) in [6.45, 7) is 2.16. The van der Waals surface area contributed by atoms with Crippen LogP contribution in [0.2, 0.25) is 5.02 Å². The van der Waals surface area contributed by atoms with E-state index in [1.807, 2.05) is 25.1 Å². The molecule has 1 aromatic carbocycles. The Balaban J connectivity index is 1.62. The Morgan fingerprint density at radius 1 is 1.24 bits per heavy atom. The highest BCUT2D eigenvalue weighted by Crippen LogP contribution is 2.25. The van der Waals surface area contributed by atoms with Gasteiger partial charge in [0, 0.05) is 23.4 Å². The van der Waals surface area contributed by atoms with Gasteiger partial charge in [-0.05, 0) is 30.7 Å². The van der Waals surface area contributed by atoms with Crippen molar-refractivity contribution in [3.05, 3.63) is 52.2 Å². The van der Waals surface area contributed by atoms with Gasteiger partial charge in [-0.15, -0.1) is 11.3 Å². The van der Waals surface area contributed by atoms with Crippen LogP contribution in [0.15, 0.2) is 45.1 Å². The number of aromatic nitrogens is 2. The normalized spacial score (nSPS) is 11.8. The van der Waals surface area contributed by atoms with Crippen LogP contribution in [-0.4, -0.2) is 25.1 Å². The van der Waals surface area contributed by atoms with Crippen molar-refractivity contribution in [2.45, 2.75) is 24.0 Å². The predicted octanol–water partition coefficient (Wildman–Crippen LogP) is 3.53. The first-order valence-corrected chi connectivity index (χ1v) is 10.3. The monoisotopic (exact) mass is 397 g/mol. The number of nitrogens with one attached hydrogen (secondary N) is 1. The second-order valence-electron chi connectivity index (χ2n) is 5.21. The molecule has 0 bridgehead atoms. The van der Waals surface area contributed by atoms with Gasteiger partial charge in [-0.3, -0.25) is 0 Å². The van der Waals surface area contributed by atoms with Gasteiger partial charge in [-0.25, -0.2) is 13.1 Å². The van der Waals surface area contributed by atoms with Gasteiger partial charge >= 0.3 is 0 Å². The van der Waals surface area contributed by atoms with Crippen LogP contribution in [0, 0.1) is 0 Å². The lowest BCUT2D eigenvalue weighted by atomic mass is 10.2. The molecule has 0 saturated heterocycles. The number of benzene rings is 1. The highest BCUT2D eigenvalue weighted by atomic mass is 35.5. The first-order valence-electron chi connectivity index (χ1n) is 7.65. The number of aryl methyl sites for hydroxylation is 1. The first kappa shape index (κ1) is 18.1. The zero-order chi connectivity index (χ0) is 17.9. The Morgan fingerprint density at radius 2 is 2.04 bits per heavy atom. The predicted molar refractivity (Wildman–Crippen MR) is 97.3 cm³/mol. The molecule has 0 unspecified atom stereocenters. The highest BCUT2D eigenvalue weighted by Gasteiger charge is 2.17. The Bertz CT molecular complexity index is 966. The van der Waals surface area contributed by atoms with E-state index < -0.39 is 10.0 Å². The molecule has 2 heterocycles. The zero-order valence-corrected chi connectivity index (χ0v) is 15.8. The van der Waals surface area contributed by atoms with E-state index >= 15 is 0 Å². The van der Waals surface area contributed by atoms with E-state index in [0.29, 0.717) is 32.9 Å². The molecular formula is C16H16ClN3O3S2. The molecule has 0 atom stereocenters. The van der Waals surface area contributed by atoms with Crippen molar-refractivity contribution in [1.82, 2.24) is 14.9 Å². The molecule has 0 radical (unpaired) electrons. The lowest BCUT2D eigenvalue weighted by Gasteiger charge is -2.02. The third-order valence-electron chi connectivity index (χ3n) is 3.46. The van der Waals surface area contributed by atoms with Gasteiger partial charge in [0.25, 0.3) is 0 Å². The number of hydrogen-bond acceptors (Lipinski definition) is 6. The number of nitrogens with zero attached hydrogens (tertiary/aromatic N) is 2. The maximum Gasteiger partial charge on any atom is 0.250 e. The molecular weight excluding hydrogens is 382 g/mol. The van der Waals surface area contributed by atoms with Crippen molar-refractivity contribution in [2.75, 3.05) is 6.54 Å². The van der Waals surface area contributed by atoms with Crippen molar-refractivity contribution in [2.24, 2.45) is 0 Å². The Kier molecular flexibility index (Phi) is 5.53. The van der Waals surface area contributed by atoms with E-state index in [2.05, 4.69) is 14.9 Å². The molecule has 9 heteroatoms. The topological polar surface area (TPSA) is 85.1 Å². The van der Waals surface area contributed by atoms with Crippen LogP contribution < -0.4 is 4.72 Å². The Labute approximate surface area is 154 Å². The van der Waals surface area contributed by atoms with E-state index in [9.17, 15) is 8.42 Å². The van der Waals surface area contributed by atoms with E-state index in [1.54, 1.807) is 18.2 Å². The molecule has 3 rings (SSSR count). The summed E-state index contributed by atoms with van der Waals surface area (Å²) in [5.41, 5.74) is 0.672. The van der Waals surface area contributed by atoms with E-state index in [4.69, 9.17) is 16.1 Å². The fraction of sp³-hybridized carbons (Fsp3) is 0.250. The molecule has 0 amide bonds. The summed E-state index contributed by atoms with van der Waals surface area (Å²) >= 11 is 7.37. The second kappa shape index (κ2) is 7.65. The molecule has 6 nitrogen and oxygen atoms in total. The number of halogens is 1. The molecule has 132 valence electrons. The second-order valence-corrected chi connectivity index (χ2v) is 8.78. The molecule has 0 saturated carbocycles.